The molecule has 1 aromatic carbocycles. The molecule has 20 heavy (non-hydrogen) atoms. The van der Waals surface area contributed by atoms with Gasteiger partial charge in [-0.2, -0.15) is 11.8 Å². The highest BCUT2D eigenvalue weighted by Gasteiger charge is 2.25. The molecule has 0 spiro atoms. The Morgan fingerprint density at radius 2 is 2.10 bits per heavy atom. The number of thioether (sulfide) groups is 1. The average molecular weight is 293 g/mol. The molecule has 2 rings (SSSR count). The van der Waals surface area contributed by atoms with E-state index in [9.17, 15) is 0 Å². The van der Waals surface area contributed by atoms with Gasteiger partial charge in [0.05, 0.1) is 6.61 Å². The predicted molar refractivity (Wildman–Crippen MR) is 88.9 cm³/mol. The Balaban J connectivity index is 1.99. The van der Waals surface area contributed by atoms with Crippen molar-refractivity contribution < 1.29 is 4.74 Å². The number of rotatable bonds is 7. The van der Waals surface area contributed by atoms with Crippen LogP contribution in [0.1, 0.15) is 50.8 Å². The van der Waals surface area contributed by atoms with Crippen LogP contribution in [0.2, 0.25) is 0 Å². The number of benzene rings is 1. The van der Waals surface area contributed by atoms with Gasteiger partial charge in [-0.05, 0) is 43.2 Å². The quantitative estimate of drug-likeness (QED) is 0.814. The molecule has 0 saturated carbocycles. The minimum atomic E-state index is 0.369. The topological polar surface area (TPSA) is 21.3 Å². The van der Waals surface area contributed by atoms with Gasteiger partial charge in [0.15, 0.2) is 0 Å². The molecule has 1 heterocycles. The van der Waals surface area contributed by atoms with Crippen LogP contribution in [-0.4, -0.2) is 24.2 Å². The Kier molecular flexibility index (Phi) is 5.39. The summed E-state index contributed by atoms with van der Waals surface area (Å²) in [4.78, 5) is 0. The first kappa shape index (κ1) is 15.7. The van der Waals surface area contributed by atoms with E-state index in [1.165, 1.54) is 24.0 Å². The number of hydrogen-bond donors (Lipinski definition) is 1. The molecule has 112 valence electrons. The van der Waals surface area contributed by atoms with Crippen LogP contribution in [-0.2, 0) is 6.42 Å². The van der Waals surface area contributed by atoms with Gasteiger partial charge >= 0.3 is 0 Å². The van der Waals surface area contributed by atoms with E-state index in [0.29, 0.717) is 10.8 Å². The van der Waals surface area contributed by atoms with Crippen LogP contribution in [0.4, 0.5) is 0 Å². The Labute approximate surface area is 127 Å². The molecule has 1 aromatic rings. The highest BCUT2D eigenvalue weighted by atomic mass is 32.2. The second-order valence-electron chi connectivity index (χ2n) is 5.66. The van der Waals surface area contributed by atoms with Gasteiger partial charge in [-0.15, -0.1) is 0 Å². The van der Waals surface area contributed by atoms with Crippen LogP contribution in [0.3, 0.4) is 0 Å². The minimum Gasteiger partial charge on any atom is -0.493 e. The molecule has 0 amide bonds. The van der Waals surface area contributed by atoms with Crippen molar-refractivity contribution in [3.05, 3.63) is 29.3 Å². The van der Waals surface area contributed by atoms with Crippen molar-refractivity contribution in [2.45, 2.75) is 50.8 Å². The highest BCUT2D eigenvalue weighted by Crippen LogP contribution is 2.31. The molecule has 0 aromatic heterocycles. The zero-order valence-corrected chi connectivity index (χ0v) is 14.0. The van der Waals surface area contributed by atoms with E-state index < -0.39 is 0 Å². The van der Waals surface area contributed by atoms with E-state index in [4.69, 9.17) is 4.74 Å². The monoisotopic (exact) mass is 293 g/mol. The summed E-state index contributed by atoms with van der Waals surface area (Å²) in [5, 5.41) is 3.72. The number of ether oxygens (including phenoxy) is 1. The van der Waals surface area contributed by atoms with Gasteiger partial charge in [-0.1, -0.05) is 26.0 Å². The maximum Gasteiger partial charge on any atom is 0.122 e. The summed E-state index contributed by atoms with van der Waals surface area (Å²) in [6, 6.07) is 7.02. The van der Waals surface area contributed by atoms with Crippen molar-refractivity contribution in [2.75, 3.05) is 19.4 Å². The molecular formula is C17H27NOS. The number of hydrogen-bond acceptors (Lipinski definition) is 3. The standard InChI is InChI=1S/C17H27NOS/c1-5-17(6-2,20-4)12-18-13(3)14-7-8-16-15(11-14)9-10-19-16/h7-8,11,13,18H,5-6,9-10,12H2,1-4H3. The van der Waals surface area contributed by atoms with Crippen LogP contribution < -0.4 is 10.1 Å². The van der Waals surface area contributed by atoms with E-state index in [-0.39, 0.29) is 0 Å². The third kappa shape index (κ3) is 3.32. The zero-order valence-electron chi connectivity index (χ0n) is 13.2. The van der Waals surface area contributed by atoms with Crippen molar-refractivity contribution in [1.82, 2.24) is 5.32 Å². The van der Waals surface area contributed by atoms with E-state index in [1.54, 1.807) is 0 Å². The lowest BCUT2D eigenvalue weighted by atomic mass is 10.00. The summed E-state index contributed by atoms with van der Waals surface area (Å²) < 4.78 is 5.94. The van der Waals surface area contributed by atoms with Crippen LogP contribution >= 0.6 is 11.8 Å². The third-order valence-electron chi connectivity index (χ3n) is 4.67. The fourth-order valence-electron chi connectivity index (χ4n) is 2.79. The first-order valence-corrected chi connectivity index (χ1v) is 8.90. The zero-order chi connectivity index (χ0) is 14.6. The van der Waals surface area contributed by atoms with Gasteiger partial charge in [0.25, 0.3) is 0 Å². The fraction of sp³-hybridized carbons (Fsp3) is 0.647. The predicted octanol–water partition coefficient (Wildman–Crippen LogP) is 4.19. The molecule has 1 N–H and O–H groups in total. The third-order valence-corrected chi connectivity index (χ3v) is 6.25. The molecule has 1 aliphatic rings. The van der Waals surface area contributed by atoms with Crippen LogP contribution in [0.5, 0.6) is 5.75 Å². The van der Waals surface area contributed by atoms with Gasteiger partial charge in [-0.3, -0.25) is 0 Å². The molecule has 0 aliphatic carbocycles. The Morgan fingerprint density at radius 1 is 1.35 bits per heavy atom. The molecular weight excluding hydrogens is 266 g/mol. The Morgan fingerprint density at radius 3 is 2.75 bits per heavy atom. The SMILES string of the molecule is CCC(CC)(CNC(C)c1ccc2c(c1)CCO2)SC. The van der Waals surface area contributed by atoms with Crippen molar-refractivity contribution in [2.24, 2.45) is 0 Å². The summed E-state index contributed by atoms with van der Waals surface area (Å²) in [5.41, 5.74) is 2.73. The molecule has 1 unspecified atom stereocenters. The maximum absolute atomic E-state index is 5.58. The lowest BCUT2D eigenvalue weighted by Gasteiger charge is -2.31. The van der Waals surface area contributed by atoms with Crippen molar-refractivity contribution in [1.29, 1.82) is 0 Å². The number of fused-ring (bicyclic) bond motifs is 1. The van der Waals surface area contributed by atoms with Gasteiger partial charge in [0.2, 0.25) is 0 Å². The summed E-state index contributed by atoms with van der Waals surface area (Å²) in [6.45, 7) is 8.74. The number of nitrogens with one attached hydrogen (secondary N) is 1. The van der Waals surface area contributed by atoms with E-state index in [2.05, 4.69) is 50.5 Å². The van der Waals surface area contributed by atoms with Crippen LogP contribution in [0, 0.1) is 0 Å². The Hall–Kier alpha value is -0.670. The average Bonchev–Trinajstić information content (AvgIpc) is 2.96. The van der Waals surface area contributed by atoms with Crippen LogP contribution in [0.25, 0.3) is 0 Å². The van der Waals surface area contributed by atoms with Crippen molar-refractivity contribution in [3.63, 3.8) is 0 Å². The first-order chi connectivity index (χ1) is 9.64. The van der Waals surface area contributed by atoms with Crippen molar-refractivity contribution >= 4 is 11.8 Å². The maximum atomic E-state index is 5.58. The first-order valence-electron chi connectivity index (χ1n) is 7.68. The normalized spacial score (nSPS) is 15.8. The molecule has 1 aliphatic heterocycles. The molecule has 1 atom stereocenters. The largest absolute Gasteiger partial charge is 0.493 e. The van der Waals surface area contributed by atoms with Crippen molar-refractivity contribution in [3.8, 4) is 5.75 Å². The van der Waals surface area contributed by atoms with Gasteiger partial charge < -0.3 is 10.1 Å². The summed E-state index contributed by atoms with van der Waals surface area (Å²) >= 11 is 1.99. The summed E-state index contributed by atoms with van der Waals surface area (Å²) in [7, 11) is 0. The lowest BCUT2D eigenvalue weighted by Crippen LogP contribution is -2.37. The molecule has 0 radical (unpaired) electrons. The van der Waals surface area contributed by atoms with Gasteiger partial charge in [-0.25, -0.2) is 0 Å². The van der Waals surface area contributed by atoms with E-state index in [0.717, 1.165) is 25.3 Å². The lowest BCUT2D eigenvalue weighted by molar-refractivity contribution is 0.356. The molecule has 0 bridgehead atoms. The fourth-order valence-corrected chi connectivity index (χ4v) is 3.60. The molecule has 2 nitrogen and oxygen atoms in total. The Bertz CT molecular complexity index is 434. The highest BCUT2D eigenvalue weighted by molar-refractivity contribution is 8.00. The smallest absolute Gasteiger partial charge is 0.122 e. The molecule has 3 heteroatoms. The second kappa shape index (κ2) is 6.86. The van der Waals surface area contributed by atoms with Crippen LogP contribution in [0.15, 0.2) is 18.2 Å². The van der Waals surface area contributed by atoms with E-state index >= 15 is 0 Å². The summed E-state index contributed by atoms with van der Waals surface area (Å²) in [5.74, 6) is 1.07. The summed E-state index contributed by atoms with van der Waals surface area (Å²) in [6.07, 6.45) is 5.70. The van der Waals surface area contributed by atoms with Gasteiger partial charge in [0.1, 0.15) is 5.75 Å². The van der Waals surface area contributed by atoms with Gasteiger partial charge in [0, 0.05) is 23.8 Å². The second-order valence-corrected chi connectivity index (χ2v) is 6.94. The molecule has 0 fully saturated rings. The van der Waals surface area contributed by atoms with E-state index in [1.807, 2.05) is 11.8 Å². The minimum absolute atomic E-state index is 0.369. The molecule has 0 saturated heterocycles.